The Hall–Kier alpha value is -0.261. The molecule has 0 spiro atoms. The molecule has 4 nitrogen and oxygen atoms in total. The average molecular weight is 660 g/mol. The van der Waals surface area contributed by atoms with E-state index in [2.05, 4.69) is 83.1 Å². The zero-order chi connectivity index (χ0) is 30.3. The fourth-order valence-corrected chi connectivity index (χ4v) is 16.4. The Morgan fingerprint density at radius 1 is 0.615 bits per heavy atom. The molecule has 5 heteroatoms. The van der Waals surface area contributed by atoms with Crippen molar-refractivity contribution in [2.24, 2.45) is 34.5 Å². The summed E-state index contributed by atoms with van der Waals surface area (Å²) < 4.78 is 14.8. The van der Waals surface area contributed by atoms with E-state index in [0.717, 1.165) is 85.9 Å². The molecule has 0 amide bonds. The van der Waals surface area contributed by atoms with Crippen molar-refractivity contribution < 1.29 is 15.7 Å². The van der Waals surface area contributed by atoms with Gasteiger partial charge in [0.1, 0.15) is 0 Å². The van der Waals surface area contributed by atoms with Crippen LogP contribution in [0.4, 0.5) is 0 Å². The Bertz CT molecular complexity index is 618. The van der Waals surface area contributed by atoms with Crippen molar-refractivity contribution in [2.45, 2.75) is 169 Å². The number of carbonyl (C=O) groups is 2. The van der Waals surface area contributed by atoms with Crippen molar-refractivity contribution in [3.05, 3.63) is 0 Å². The first-order valence-electron chi connectivity index (χ1n) is 16.5. The standard InChI is InChI=1S/2C9H19.2C8H16O2.Sn/c2*1-6-8(2)7-9(3,4)5;2*1-3-5-6-7(4-2)8(9)10;/h2*8H,1,6-7H2,2-5H3;2*7H,3-6H2,1-2H3,(H,9,10);/q;;;;+2/p-2/t2*8-;2*7-;/m1010./s1. The summed E-state index contributed by atoms with van der Waals surface area (Å²) in [5.41, 5.74) is 0.486. The summed E-state index contributed by atoms with van der Waals surface area (Å²) in [5.74, 6) is 0.608. The van der Waals surface area contributed by atoms with Crippen molar-refractivity contribution >= 4 is 31.1 Å². The van der Waals surface area contributed by atoms with Gasteiger partial charge in [0.15, 0.2) is 0 Å². The number of rotatable bonds is 20. The van der Waals surface area contributed by atoms with E-state index in [1.165, 1.54) is 0 Å². The third-order valence-electron chi connectivity index (χ3n) is 8.00. The zero-order valence-corrected chi connectivity index (χ0v) is 31.2. The van der Waals surface area contributed by atoms with Gasteiger partial charge in [0.2, 0.25) is 0 Å². The maximum atomic E-state index is 13.7. The summed E-state index contributed by atoms with van der Waals surface area (Å²) in [6.45, 7) is 26.8. The Labute approximate surface area is 249 Å². The second-order valence-corrected chi connectivity index (χ2v) is 24.3. The van der Waals surface area contributed by atoms with Crippen molar-refractivity contribution in [3.8, 4) is 0 Å². The summed E-state index contributed by atoms with van der Waals surface area (Å²) in [6, 6.07) is 0. The van der Waals surface area contributed by atoms with Crippen molar-refractivity contribution in [1.29, 1.82) is 0 Å². The van der Waals surface area contributed by atoms with E-state index in [1.54, 1.807) is 0 Å². The summed E-state index contributed by atoms with van der Waals surface area (Å²) in [5, 5.41) is 0. The molecule has 0 radical (unpaired) electrons. The van der Waals surface area contributed by atoms with E-state index in [0.29, 0.717) is 11.8 Å². The Balaban J connectivity index is 6.26. The molecule has 0 aliphatic heterocycles. The zero-order valence-electron chi connectivity index (χ0n) is 28.3. The molecule has 0 aromatic carbocycles. The van der Waals surface area contributed by atoms with E-state index < -0.39 is 19.2 Å². The molecular weight excluding hydrogens is 591 g/mol. The van der Waals surface area contributed by atoms with Gasteiger partial charge in [-0.3, -0.25) is 0 Å². The van der Waals surface area contributed by atoms with Gasteiger partial charge in [-0.2, -0.15) is 0 Å². The molecule has 0 aliphatic carbocycles. The molecule has 0 aliphatic rings. The van der Waals surface area contributed by atoms with Gasteiger partial charge in [-0.15, -0.1) is 0 Å². The predicted molar refractivity (Wildman–Crippen MR) is 170 cm³/mol. The van der Waals surface area contributed by atoms with E-state index in [4.69, 9.17) is 6.15 Å². The SMILES string of the molecule is CCCC[C@@H](CC)C(=O)[O][Sn]([CH2]C[C@@H](C)CC(C)(C)C)([CH2]C[C@H](C)CC(C)(C)C)[O]C(=O)[C@@H](CC)CCCC. The Morgan fingerprint density at radius 3 is 1.21 bits per heavy atom. The van der Waals surface area contributed by atoms with Gasteiger partial charge in [-0.25, -0.2) is 0 Å². The number of carbonyl (C=O) groups excluding carboxylic acids is 2. The van der Waals surface area contributed by atoms with Crippen LogP contribution in [0.15, 0.2) is 0 Å². The number of hydrogen-bond donors (Lipinski definition) is 0. The van der Waals surface area contributed by atoms with Crippen LogP contribution in [0.2, 0.25) is 8.87 Å². The molecule has 0 fully saturated rings. The van der Waals surface area contributed by atoms with Gasteiger partial charge >= 0.3 is 250 Å². The average Bonchev–Trinajstić information content (AvgIpc) is 2.80. The number of unbranched alkanes of at least 4 members (excludes halogenated alkanes) is 2. The monoisotopic (exact) mass is 660 g/mol. The normalized spacial score (nSPS) is 17.1. The molecule has 0 bridgehead atoms. The maximum absolute atomic E-state index is 13.7. The van der Waals surface area contributed by atoms with Gasteiger partial charge in [0.05, 0.1) is 0 Å². The van der Waals surface area contributed by atoms with Gasteiger partial charge < -0.3 is 0 Å². The molecule has 5 atom stereocenters. The van der Waals surface area contributed by atoms with E-state index in [9.17, 15) is 9.59 Å². The van der Waals surface area contributed by atoms with Crippen LogP contribution in [-0.2, 0) is 15.7 Å². The number of hydrogen-bond acceptors (Lipinski definition) is 4. The second kappa shape index (κ2) is 19.0. The van der Waals surface area contributed by atoms with Gasteiger partial charge in [0.25, 0.3) is 0 Å². The van der Waals surface area contributed by atoms with Crippen molar-refractivity contribution in [3.63, 3.8) is 0 Å². The van der Waals surface area contributed by atoms with Crippen molar-refractivity contribution in [2.75, 3.05) is 0 Å². The predicted octanol–water partition coefficient (Wildman–Crippen LogP) is 10.9. The quantitative estimate of drug-likeness (QED) is 0.122. The molecule has 0 saturated carbocycles. The van der Waals surface area contributed by atoms with E-state index >= 15 is 0 Å². The third kappa shape index (κ3) is 18.0. The molecule has 0 heterocycles. The molecule has 0 aromatic rings. The minimum absolute atomic E-state index is 0.0943. The summed E-state index contributed by atoms with van der Waals surface area (Å²) >= 11 is -4.13. The molecule has 0 aromatic heterocycles. The van der Waals surface area contributed by atoms with Crippen LogP contribution >= 0.6 is 0 Å². The van der Waals surface area contributed by atoms with Crippen LogP contribution < -0.4 is 0 Å². The van der Waals surface area contributed by atoms with Crippen LogP contribution in [0, 0.1) is 34.5 Å². The van der Waals surface area contributed by atoms with Gasteiger partial charge in [-0.1, -0.05) is 0 Å². The van der Waals surface area contributed by atoms with Crippen LogP contribution in [0.1, 0.15) is 160 Å². The first kappa shape index (κ1) is 38.7. The third-order valence-corrected chi connectivity index (χ3v) is 17.3. The molecule has 0 N–H and O–H groups in total. The van der Waals surface area contributed by atoms with Gasteiger partial charge in [0, 0.05) is 0 Å². The van der Waals surface area contributed by atoms with Crippen molar-refractivity contribution in [1.82, 2.24) is 0 Å². The van der Waals surface area contributed by atoms with Gasteiger partial charge in [-0.05, 0) is 0 Å². The molecule has 0 saturated heterocycles. The summed E-state index contributed by atoms with van der Waals surface area (Å²) in [4.78, 5) is 27.3. The summed E-state index contributed by atoms with van der Waals surface area (Å²) in [6.07, 6.45) is 11.6. The van der Waals surface area contributed by atoms with Crippen LogP contribution in [0.5, 0.6) is 0 Å². The molecule has 39 heavy (non-hydrogen) atoms. The molecule has 0 rings (SSSR count). The Morgan fingerprint density at radius 2 is 0.949 bits per heavy atom. The molecule has 1 unspecified atom stereocenters. The topological polar surface area (TPSA) is 52.6 Å². The fourth-order valence-electron chi connectivity index (χ4n) is 5.99. The fraction of sp³-hybridized carbons (Fsp3) is 0.941. The minimum atomic E-state index is -4.13. The first-order chi connectivity index (χ1) is 18.0. The van der Waals surface area contributed by atoms with E-state index in [1.807, 2.05) is 0 Å². The molecule has 232 valence electrons. The molecular formula is C34H68O4Sn. The van der Waals surface area contributed by atoms with Crippen LogP contribution in [0.25, 0.3) is 0 Å². The second-order valence-electron chi connectivity index (χ2n) is 15.1. The Kier molecular flexibility index (Phi) is 18.9. The first-order valence-corrected chi connectivity index (χ1v) is 22.8. The summed E-state index contributed by atoms with van der Waals surface area (Å²) in [7, 11) is 0. The van der Waals surface area contributed by atoms with Crippen LogP contribution in [0.3, 0.4) is 0 Å². The van der Waals surface area contributed by atoms with Crippen LogP contribution in [-0.4, -0.2) is 31.1 Å². The van der Waals surface area contributed by atoms with E-state index in [-0.39, 0.29) is 34.6 Å².